The van der Waals surface area contributed by atoms with Crippen LogP contribution in [-0.2, 0) is 4.79 Å². The lowest BCUT2D eigenvalue weighted by Gasteiger charge is -2.22. The molecular weight excluding hydrogens is 334 g/mol. The molecular formula is C18H29N5OS. The normalized spacial score (nSPS) is 20.1. The van der Waals surface area contributed by atoms with E-state index in [9.17, 15) is 4.79 Å². The molecule has 0 aromatic carbocycles. The van der Waals surface area contributed by atoms with Gasteiger partial charge in [-0.2, -0.15) is 0 Å². The molecule has 1 heterocycles. The monoisotopic (exact) mass is 363 g/mol. The van der Waals surface area contributed by atoms with Gasteiger partial charge in [0.05, 0.1) is 11.3 Å². The maximum Gasteiger partial charge on any atom is 0.233 e. The van der Waals surface area contributed by atoms with Crippen molar-refractivity contribution >= 4 is 17.7 Å². The van der Waals surface area contributed by atoms with Gasteiger partial charge in [0.2, 0.25) is 11.1 Å². The Bertz CT molecular complexity index is 594. The summed E-state index contributed by atoms with van der Waals surface area (Å²) in [6.07, 6.45) is 14.3. The Morgan fingerprint density at radius 1 is 1.32 bits per heavy atom. The number of aromatic nitrogens is 4. The van der Waals surface area contributed by atoms with E-state index >= 15 is 0 Å². The number of allylic oxidation sites excluding steroid dienone is 1. The highest BCUT2D eigenvalue weighted by atomic mass is 32.2. The van der Waals surface area contributed by atoms with Crippen molar-refractivity contribution in [3.05, 3.63) is 11.6 Å². The number of amides is 1. The van der Waals surface area contributed by atoms with Crippen LogP contribution in [0.2, 0.25) is 0 Å². The molecule has 1 fully saturated rings. The molecule has 1 aromatic heterocycles. The zero-order valence-corrected chi connectivity index (χ0v) is 15.9. The van der Waals surface area contributed by atoms with Gasteiger partial charge in [0.25, 0.3) is 0 Å². The first-order valence-electron chi connectivity index (χ1n) is 9.64. The molecule has 0 aliphatic heterocycles. The molecule has 1 atom stereocenters. The van der Waals surface area contributed by atoms with Crippen LogP contribution in [0.15, 0.2) is 16.8 Å². The zero-order chi connectivity index (χ0) is 17.5. The van der Waals surface area contributed by atoms with Crippen molar-refractivity contribution in [1.82, 2.24) is 25.5 Å². The van der Waals surface area contributed by atoms with Crippen LogP contribution in [0.1, 0.15) is 77.2 Å². The van der Waals surface area contributed by atoms with Gasteiger partial charge in [0, 0.05) is 6.54 Å². The van der Waals surface area contributed by atoms with Gasteiger partial charge in [-0.05, 0) is 62.3 Å². The highest BCUT2D eigenvalue weighted by Crippen LogP contribution is 2.31. The second-order valence-corrected chi connectivity index (χ2v) is 8.42. The molecule has 0 spiro atoms. The highest BCUT2D eigenvalue weighted by Gasteiger charge is 2.23. The summed E-state index contributed by atoms with van der Waals surface area (Å²) in [7, 11) is 0. The van der Waals surface area contributed by atoms with Crippen molar-refractivity contribution in [2.75, 3.05) is 6.54 Å². The molecule has 1 N–H and O–H groups in total. The van der Waals surface area contributed by atoms with E-state index in [0.717, 1.165) is 31.0 Å². The van der Waals surface area contributed by atoms with Crippen LogP contribution >= 0.6 is 11.8 Å². The van der Waals surface area contributed by atoms with E-state index in [4.69, 9.17) is 0 Å². The third-order valence-electron chi connectivity index (χ3n) is 5.16. The SMILES string of the molecule is CC(Sc1nnnn1C1CCCCC1)C(=O)NCCC1=CCCCC1. The lowest BCUT2D eigenvalue weighted by molar-refractivity contribution is -0.120. The lowest BCUT2D eigenvalue weighted by Crippen LogP contribution is -2.32. The quantitative estimate of drug-likeness (QED) is 0.591. The molecule has 1 unspecified atom stereocenters. The Kier molecular flexibility index (Phi) is 6.90. The molecule has 0 radical (unpaired) electrons. The van der Waals surface area contributed by atoms with Crippen molar-refractivity contribution in [2.24, 2.45) is 0 Å². The fourth-order valence-electron chi connectivity index (χ4n) is 3.65. The minimum Gasteiger partial charge on any atom is -0.355 e. The Morgan fingerprint density at radius 2 is 2.16 bits per heavy atom. The number of carbonyl (C=O) groups excluding carboxylic acids is 1. The number of carbonyl (C=O) groups is 1. The molecule has 6 nitrogen and oxygen atoms in total. The fourth-order valence-corrected chi connectivity index (χ4v) is 4.53. The van der Waals surface area contributed by atoms with Crippen molar-refractivity contribution in [3.8, 4) is 0 Å². The number of nitrogens with zero attached hydrogens (tertiary/aromatic N) is 4. The summed E-state index contributed by atoms with van der Waals surface area (Å²) in [5.74, 6) is 0.0691. The van der Waals surface area contributed by atoms with Gasteiger partial charge >= 0.3 is 0 Å². The number of nitrogens with one attached hydrogen (secondary N) is 1. The number of hydrogen-bond donors (Lipinski definition) is 1. The average molecular weight is 364 g/mol. The average Bonchev–Trinajstić information content (AvgIpc) is 3.11. The van der Waals surface area contributed by atoms with Crippen LogP contribution in [0.5, 0.6) is 0 Å². The van der Waals surface area contributed by atoms with E-state index in [0.29, 0.717) is 6.04 Å². The Labute approximate surface area is 154 Å². The minimum atomic E-state index is -0.186. The first kappa shape index (κ1) is 18.4. The summed E-state index contributed by atoms with van der Waals surface area (Å²) in [6.45, 7) is 2.66. The van der Waals surface area contributed by atoms with E-state index in [2.05, 4.69) is 26.9 Å². The molecule has 3 rings (SSSR count). The predicted molar refractivity (Wildman–Crippen MR) is 99.4 cm³/mol. The second-order valence-electron chi connectivity index (χ2n) is 7.11. The molecule has 25 heavy (non-hydrogen) atoms. The summed E-state index contributed by atoms with van der Waals surface area (Å²) < 4.78 is 1.93. The van der Waals surface area contributed by atoms with E-state index < -0.39 is 0 Å². The van der Waals surface area contributed by atoms with Gasteiger partial charge in [-0.25, -0.2) is 4.68 Å². The summed E-state index contributed by atoms with van der Waals surface area (Å²) >= 11 is 1.46. The summed E-state index contributed by atoms with van der Waals surface area (Å²) in [6, 6.07) is 0.389. The molecule has 7 heteroatoms. The molecule has 0 saturated heterocycles. The maximum atomic E-state index is 12.4. The van der Waals surface area contributed by atoms with Crippen molar-refractivity contribution in [3.63, 3.8) is 0 Å². The van der Waals surface area contributed by atoms with Crippen LogP contribution < -0.4 is 5.32 Å². The van der Waals surface area contributed by atoms with Gasteiger partial charge in [0.15, 0.2) is 0 Å². The molecule has 2 aliphatic rings. The van der Waals surface area contributed by atoms with E-state index in [1.54, 1.807) is 0 Å². The van der Waals surface area contributed by atoms with E-state index in [1.807, 2.05) is 11.6 Å². The first-order valence-corrected chi connectivity index (χ1v) is 10.5. The molecule has 1 aromatic rings. The smallest absolute Gasteiger partial charge is 0.233 e. The Balaban J connectivity index is 1.46. The van der Waals surface area contributed by atoms with Crippen LogP contribution in [0.25, 0.3) is 0 Å². The predicted octanol–water partition coefficient (Wildman–Crippen LogP) is 3.67. The molecule has 1 amide bonds. The van der Waals surface area contributed by atoms with Crippen molar-refractivity contribution < 1.29 is 4.79 Å². The van der Waals surface area contributed by atoms with Gasteiger partial charge in [-0.3, -0.25) is 4.79 Å². The largest absolute Gasteiger partial charge is 0.355 e. The Morgan fingerprint density at radius 3 is 2.92 bits per heavy atom. The standard InChI is InChI=1S/C18H29N5OS/c1-14(17(24)19-13-12-15-8-4-2-5-9-15)25-18-20-21-22-23(18)16-10-6-3-7-11-16/h8,14,16H,2-7,9-13H2,1H3,(H,19,24). The number of hydrogen-bond acceptors (Lipinski definition) is 5. The third kappa shape index (κ3) is 5.30. The summed E-state index contributed by atoms with van der Waals surface area (Å²) in [5, 5.41) is 15.8. The van der Waals surface area contributed by atoms with Crippen LogP contribution in [0.3, 0.4) is 0 Å². The van der Waals surface area contributed by atoms with Crippen molar-refractivity contribution in [1.29, 1.82) is 0 Å². The highest BCUT2D eigenvalue weighted by molar-refractivity contribution is 8.00. The van der Waals surface area contributed by atoms with Gasteiger partial charge in [0.1, 0.15) is 0 Å². The third-order valence-corrected chi connectivity index (χ3v) is 6.21. The van der Waals surface area contributed by atoms with Crippen LogP contribution in [0.4, 0.5) is 0 Å². The fraction of sp³-hybridized carbons (Fsp3) is 0.778. The Hall–Kier alpha value is -1.37. The van der Waals surface area contributed by atoms with E-state index in [-0.39, 0.29) is 11.2 Å². The van der Waals surface area contributed by atoms with Crippen LogP contribution in [0, 0.1) is 0 Å². The second kappa shape index (κ2) is 9.36. The van der Waals surface area contributed by atoms with Crippen molar-refractivity contribution in [2.45, 2.75) is 87.6 Å². The van der Waals surface area contributed by atoms with Gasteiger partial charge in [-0.1, -0.05) is 42.7 Å². The van der Waals surface area contributed by atoms with Gasteiger partial charge in [-0.15, -0.1) is 5.10 Å². The summed E-state index contributed by atoms with van der Waals surface area (Å²) in [4.78, 5) is 12.4. The number of rotatable bonds is 7. The first-order chi connectivity index (χ1) is 12.2. The zero-order valence-electron chi connectivity index (χ0n) is 15.1. The molecule has 0 bridgehead atoms. The summed E-state index contributed by atoms with van der Waals surface area (Å²) in [5.41, 5.74) is 1.49. The molecule has 1 saturated carbocycles. The number of thioether (sulfide) groups is 1. The maximum absolute atomic E-state index is 12.4. The topological polar surface area (TPSA) is 72.7 Å². The van der Waals surface area contributed by atoms with Gasteiger partial charge < -0.3 is 5.32 Å². The van der Waals surface area contributed by atoms with E-state index in [1.165, 1.54) is 62.3 Å². The molecule has 138 valence electrons. The number of tetrazole rings is 1. The van der Waals surface area contributed by atoms with Crippen LogP contribution in [-0.4, -0.2) is 37.9 Å². The minimum absolute atomic E-state index is 0.0691. The lowest BCUT2D eigenvalue weighted by atomic mass is 9.96. The molecule has 2 aliphatic carbocycles.